The topological polar surface area (TPSA) is 233 Å². The zero-order valence-corrected chi connectivity index (χ0v) is 24.0. The van der Waals surface area contributed by atoms with Gasteiger partial charge in [-0.3, -0.25) is 14.4 Å². The first-order valence-corrected chi connectivity index (χ1v) is 14.1. The highest BCUT2D eigenvalue weighted by Crippen LogP contribution is 2.20. The van der Waals surface area contributed by atoms with Gasteiger partial charge in [0.2, 0.25) is 17.7 Å². The molecule has 43 heavy (non-hydrogen) atoms. The average Bonchev–Trinajstić information content (AvgIpc) is 3.39. The summed E-state index contributed by atoms with van der Waals surface area (Å²) < 4.78 is 0. The fourth-order valence-corrected chi connectivity index (χ4v) is 4.59. The first-order chi connectivity index (χ1) is 20.5. The summed E-state index contributed by atoms with van der Waals surface area (Å²) in [7, 11) is 0. The maximum absolute atomic E-state index is 13.6. The first-order valence-electron chi connectivity index (χ1n) is 14.1. The molecule has 1 aromatic heterocycles. The van der Waals surface area contributed by atoms with Gasteiger partial charge in [-0.25, -0.2) is 4.79 Å². The number of nitrogens with one attached hydrogen (secondary N) is 4. The number of rotatable bonds is 16. The lowest BCUT2D eigenvalue weighted by Gasteiger charge is -2.26. The summed E-state index contributed by atoms with van der Waals surface area (Å²) >= 11 is 0. The van der Waals surface area contributed by atoms with Gasteiger partial charge in [0.15, 0.2) is 0 Å². The monoisotopic (exact) mass is 596 g/mol. The molecule has 13 nitrogen and oxygen atoms in total. The predicted octanol–water partition coefficient (Wildman–Crippen LogP) is 0.0348. The van der Waals surface area contributed by atoms with E-state index in [9.17, 15) is 34.5 Å². The van der Waals surface area contributed by atoms with Crippen molar-refractivity contribution in [2.75, 3.05) is 6.54 Å². The van der Waals surface area contributed by atoms with E-state index in [0.717, 1.165) is 10.9 Å². The maximum Gasteiger partial charge on any atom is 0.326 e. The van der Waals surface area contributed by atoms with Crippen LogP contribution in [0.25, 0.3) is 10.9 Å². The number of aromatic hydroxyl groups is 1. The first kappa shape index (κ1) is 33.0. The Morgan fingerprint density at radius 3 is 2.14 bits per heavy atom. The molecule has 1 heterocycles. The van der Waals surface area contributed by atoms with Crippen LogP contribution in [0.2, 0.25) is 0 Å². The van der Waals surface area contributed by atoms with Crippen LogP contribution in [-0.2, 0) is 32.0 Å². The number of carbonyl (C=O) groups is 4. The number of nitrogens with two attached hydrogens (primary N) is 2. The number of carboxylic acid groups (broad SMARTS) is 1. The van der Waals surface area contributed by atoms with Crippen LogP contribution in [-0.4, -0.2) is 80.8 Å². The molecule has 2 aromatic carbocycles. The Morgan fingerprint density at radius 2 is 1.49 bits per heavy atom. The lowest BCUT2D eigenvalue weighted by atomic mass is 10.0. The van der Waals surface area contributed by atoms with Crippen LogP contribution in [0.1, 0.15) is 37.3 Å². The molecule has 232 valence electrons. The summed E-state index contributed by atoms with van der Waals surface area (Å²) in [5.74, 6) is -3.41. The van der Waals surface area contributed by atoms with Crippen LogP contribution in [0.4, 0.5) is 0 Å². The molecule has 5 unspecified atom stereocenters. The summed E-state index contributed by atoms with van der Waals surface area (Å²) in [5.41, 5.74) is 13.5. The number of carboxylic acids is 1. The second-order valence-corrected chi connectivity index (χ2v) is 10.5. The minimum atomic E-state index is -1.33. The number of aromatic nitrogens is 1. The number of para-hydroxylation sites is 1. The van der Waals surface area contributed by atoms with Crippen LogP contribution in [0.5, 0.6) is 5.75 Å². The van der Waals surface area contributed by atoms with Gasteiger partial charge in [-0.1, -0.05) is 30.3 Å². The fraction of sp³-hybridized carbons (Fsp3) is 0.400. The van der Waals surface area contributed by atoms with Crippen molar-refractivity contribution in [3.05, 3.63) is 65.9 Å². The van der Waals surface area contributed by atoms with Gasteiger partial charge in [0, 0.05) is 29.9 Å². The highest BCUT2D eigenvalue weighted by atomic mass is 16.4. The number of H-pyrrole nitrogens is 1. The third-order valence-corrected chi connectivity index (χ3v) is 7.13. The molecule has 0 saturated carbocycles. The quantitative estimate of drug-likeness (QED) is 0.101. The third kappa shape index (κ3) is 9.53. The average molecular weight is 597 g/mol. The van der Waals surface area contributed by atoms with Gasteiger partial charge in [-0.15, -0.1) is 0 Å². The molecule has 13 heteroatoms. The minimum Gasteiger partial charge on any atom is -0.508 e. The van der Waals surface area contributed by atoms with Crippen molar-refractivity contribution in [2.24, 2.45) is 11.5 Å². The van der Waals surface area contributed by atoms with E-state index in [0.29, 0.717) is 30.5 Å². The van der Waals surface area contributed by atoms with Gasteiger partial charge in [0.25, 0.3) is 0 Å². The van der Waals surface area contributed by atoms with Crippen molar-refractivity contribution in [1.29, 1.82) is 0 Å². The Kier molecular flexibility index (Phi) is 12.0. The van der Waals surface area contributed by atoms with E-state index in [1.54, 1.807) is 18.3 Å². The number of hydrogen-bond donors (Lipinski definition) is 9. The van der Waals surface area contributed by atoms with E-state index < -0.39 is 54.0 Å². The Balaban J connectivity index is 1.86. The molecule has 3 rings (SSSR count). The van der Waals surface area contributed by atoms with Crippen LogP contribution in [0.3, 0.4) is 0 Å². The number of aromatic amines is 1. The van der Waals surface area contributed by atoms with Crippen molar-refractivity contribution in [3.8, 4) is 5.75 Å². The molecular formula is C30H40N6O7. The molecule has 0 bridgehead atoms. The predicted molar refractivity (Wildman–Crippen MR) is 160 cm³/mol. The highest BCUT2D eigenvalue weighted by Gasteiger charge is 2.31. The Hall–Kier alpha value is -4.46. The van der Waals surface area contributed by atoms with Gasteiger partial charge in [0.05, 0.1) is 6.10 Å². The van der Waals surface area contributed by atoms with E-state index in [2.05, 4.69) is 20.9 Å². The Labute approximate surface area is 249 Å². The van der Waals surface area contributed by atoms with Crippen molar-refractivity contribution in [3.63, 3.8) is 0 Å². The number of phenolic OH excluding ortho intramolecular Hbond substituents is 1. The van der Waals surface area contributed by atoms with Crippen LogP contribution in [0, 0.1) is 0 Å². The lowest BCUT2D eigenvalue weighted by Crippen LogP contribution is -2.58. The van der Waals surface area contributed by atoms with E-state index in [4.69, 9.17) is 11.5 Å². The summed E-state index contributed by atoms with van der Waals surface area (Å²) in [6, 6.07) is 8.43. The zero-order chi connectivity index (χ0) is 31.5. The van der Waals surface area contributed by atoms with E-state index in [1.165, 1.54) is 19.1 Å². The van der Waals surface area contributed by atoms with Gasteiger partial charge < -0.3 is 47.7 Å². The van der Waals surface area contributed by atoms with E-state index >= 15 is 0 Å². The van der Waals surface area contributed by atoms with Gasteiger partial charge in [-0.2, -0.15) is 0 Å². The van der Waals surface area contributed by atoms with Crippen LogP contribution in [0.15, 0.2) is 54.7 Å². The standard InChI is InChI=1S/C30H40N6O7/c1-17(37)26(32)29(41)34-23(8-4-5-13-31)27(39)35-24(15-19-16-33-22-7-3-2-6-21(19)22)28(40)36-25(30(42)43)14-18-9-11-20(38)12-10-18/h2-3,6-7,9-12,16-17,23-26,33,37-38H,4-5,8,13-15,31-32H2,1H3,(H,34,41)(H,35,39)(H,36,40)(H,42,43). The summed E-state index contributed by atoms with van der Waals surface area (Å²) in [4.78, 5) is 55.0. The number of phenols is 1. The fourth-order valence-electron chi connectivity index (χ4n) is 4.59. The second-order valence-electron chi connectivity index (χ2n) is 10.5. The van der Waals surface area contributed by atoms with Crippen LogP contribution >= 0.6 is 0 Å². The van der Waals surface area contributed by atoms with Gasteiger partial charge >= 0.3 is 5.97 Å². The number of hydrogen-bond acceptors (Lipinski definition) is 8. The third-order valence-electron chi connectivity index (χ3n) is 7.13. The molecule has 0 aliphatic rings. The summed E-state index contributed by atoms with van der Waals surface area (Å²) in [6.45, 7) is 1.73. The number of fused-ring (bicyclic) bond motifs is 1. The molecule has 0 aliphatic heterocycles. The van der Waals surface area contributed by atoms with E-state index in [-0.39, 0.29) is 25.0 Å². The zero-order valence-electron chi connectivity index (χ0n) is 24.0. The van der Waals surface area contributed by atoms with Gasteiger partial charge in [-0.05, 0) is 62.1 Å². The van der Waals surface area contributed by atoms with Crippen molar-refractivity contribution in [2.45, 2.75) is 69.3 Å². The number of aliphatic hydroxyl groups is 1. The van der Waals surface area contributed by atoms with Crippen molar-refractivity contribution >= 4 is 34.6 Å². The molecule has 3 aromatic rings. The SMILES string of the molecule is CC(O)C(N)C(=O)NC(CCCCN)C(=O)NC(Cc1c[nH]c2ccccc12)C(=O)NC(Cc1ccc(O)cc1)C(=O)O. The van der Waals surface area contributed by atoms with Crippen molar-refractivity contribution < 1.29 is 34.5 Å². The van der Waals surface area contributed by atoms with Crippen molar-refractivity contribution in [1.82, 2.24) is 20.9 Å². The van der Waals surface area contributed by atoms with Gasteiger partial charge in [0.1, 0.15) is 29.9 Å². The number of aliphatic hydroxyl groups excluding tert-OH is 1. The summed E-state index contributed by atoms with van der Waals surface area (Å²) in [6.07, 6.45) is 1.78. The Bertz CT molecular complexity index is 1390. The largest absolute Gasteiger partial charge is 0.508 e. The molecule has 0 fully saturated rings. The molecule has 11 N–H and O–H groups in total. The summed E-state index contributed by atoms with van der Waals surface area (Å²) in [5, 5.41) is 37.7. The number of aliphatic carboxylic acids is 1. The number of benzene rings is 2. The minimum absolute atomic E-state index is 0.0173. The molecular weight excluding hydrogens is 556 g/mol. The lowest BCUT2D eigenvalue weighted by molar-refractivity contribution is -0.142. The number of carbonyl (C=O) groups excluding carboxylic acids is 3. The number of unbranched alkanes of at least 4 members (excludes halogenated alkanes) is 1. The van der Waals surface area contributed by atoms with Crippen LogP contribution < -0.4 is 27.4 Å². The maximum atomic E-state index is 13.6. The normalized spacial score (nSPS) is 14.7. The van der Waals surface area contributed by atoms with E-state index in [1.807, 2.05) is 24.3 Å². The Morgan fingerprint density at radius 1 is 0.860 bits per heavy atom. The molecule has 0 saturated heterocycles. The molecule has 0 spiro atoms. The molecule has 3 amide bonds. The second kappa shape index (κ2) is 15.7. The molecule has 5 atom stereocenters. The highest BCUT2D eigenvalue weighted by molar-refractivity contribution is 5.95. The molecule has 0 aliphatic carbocycles. The number of amides is 3. The molecule has 0 radical (unpaired) electrons. The smallest absolute Gasteiger partial charge is 0.326 e.